The minimum atomic E-state index is -0.309. The van der Waals surface area contributed by atoms with E-state index in [4.69, 9.17) is 5.73 Å². The van der Waals surface area contributed by atoms with E-state index in [2.05, 4.69) is 94.8 Å². The van der Waals surface area contributed by atoms with Crippen LogP contribution in [0.5, 0.6) is 0 Å². The first-order chi connectivity index (χ1) is 13.2. The highest BCUT2D eigenvalue weighted by Crippen LogP contribution is 2.63. The van der Waals surface area contributed by atoms with Gasteiger partial charge in [0.2, 0.25) is 0 Å². The van der Waals surface area contributed by atoms with Gasteiger partial charge < -0.3 is 5.73 Å². The van der Waals surface area contributed by atoms with Gasteiger partial charge in [0.05, 0.1) is 5.41 Å². The highest BCUT2D eigenvalue weighted by Gasteiger charge is 2.51. The lowest BCUT2D eigenvalue weighted by molar-refractivity contribution is 0.793. The van der Waals surface area contributed by atoms with Gasteiger partial charge in [0, 0.05) is 10.2 Å². The molecule has 2 N–H and O–H groups in total. The van der Waals surface area contributed by atoms with Crippen LogP contribution in [0.15, 0.2) is 89.4 Å². The highest BCUT2D eigenvalue weighted by atomic mass is 79.9. The van der Waals surface area contributed by atoms with E-state index in [1.54, 1.807) is 0 Å². The summed E-state index contributed by atoms with van der Waals surface area (Å²) in [5.74, 6) is 0. The third-order valence-electron chi connectivity index (χ3n) is 6.08. The number of benzene rings is 4. The first-order valence-corrected chi connectivity index (χ1v) is 9.90. The molecule has 0 amide bonds. The second kappa shape index (κ2) is 5.11. The van der Waals surface area contributed by atoms with Crippen LogP contribution in [-0.2, 0) is 5.41 Å². The van der Waals surface area contributed by atoms with Gasteiger partial charge in [0.25, 0.3) is 0 Å². The minimum Gasteiger partial charge on any atom is -0.399 e. The van der Waals surface area contributed by atoms with Gasteiger partial charge in [0.1, 0.15) is 0 Å². The normalized spacial score (nSPS) is 14.6. The Morgan fingerprint density at radius 2 is 1.07 bits per heavy atom. The van der Waals surface area contributed by atoms with Gasteiger partial charge in [-0.05, 0) is 68.8 Å². The molecular weight excluding hydrogens is 394 g/mol. The van der Waals surface area contributed by atoms with Gasteiger partial charge in [-0.25, -0.2) is 0 Å². The van der Waals surface area contributed by atoms with E-state index < -0.39 is 0 Å². The fourth-order valence-corrected chi connectivity index (χ4v) is 5.49. The topological polar surface area (TPSA) is 26.0 Å². The fourth-order valence-electron chi connectivity index (χ4n) is 5.13. The summed E-state index contributed by atoms with van der Waals surface area (Å²) in [7, 11) is 0. The van der Waals surface area contributed by atoms with E-state index in [0.717, 1.165) is 10.2 Å². The Morgan fingerprint density at radius 3 is 1.74 bits per heavy atom. The smallest absolute Gasteiger partial charge is 0.0726 e. The molecular formula is C25H16BrN. The summed E-state index contributed by atoms with van der Waals surface area (Å²) < 4.78 is 1.10. The molecule has 0 aliphatic heterocycles. The molecule has 0 saturated heterocycles. The molecule has 0 unspecified atom stereocenters. The van der Waals surface area contributed by atoms with Crippen molar-refractivity contribution >= 4 is 21.6 Å². The van der Waals surface area contributed by atoms with E-state index in [9.17, 15) is 0 Å². The molecule has 27 heavy (non-hydrogen) atoms. The molecule has 0 fully saturated rings. The van der Waals surface area contributed by atoms with Crippen LogP contribution in [-0.4, -0.2) is 0 Å². The van der Waals surface area contributed by atoms with Crippen molar-refractivity contribution in [2.45, 2.75) is 5.41 Å². The van der Waals surface area contributed by atoms with Crippen molar-refractivity contribution in [3.05, 3.63) is 112 Å². The van der Waals surface area contributed by atoms with Gasteiger partial charge >= 0.3 is 0 Å². The summed E-state index contributed by atoms with van der Waals surface area (Å²) in [6.07, 6.45) is 0. The monoisotopic (exact) mass is 409 g/mol. The number of hydrogen-bond acceptors (Lipinski definition) is 1. The van der Waals surface area contributed by atoms with E-state index >= 15 is 0 Å². The maximum atomic E-state index is 6.28. The lowest BCUT2D eigenvalue weighted by atomic mass is 9.70. The third kappa shape index (κ3) is 1.74. The molecule has 0 heterocycles. The van der Waals surface area contributed by atoms with Crippen molar-refractivity contribution in [1.82, 2.24) is 0 Å². The van der Waals surface area contributed by atoms with Crippen molar-refractivity contribution in [1.29, 1.82) is 0 Å². The predicted molar refractivity (Wildman–Crippen MR) is 115 cm³/mol. The molecule has 128 valence electrons. The highest BCUT2D eigenvalue weighted by molar-refractivity contribution is 9.10. The van der Waals surface area contributed by atoms with Gasteiger partial charge in [-0.2, -0.15) is 0 Å². The first kappa shape index (κ1) is 15.2. The molecule has 2 aliphatic rings. The molecule has 6 rings (SSSR count). The predicted octanol–water partition coefficient (Wildman–Crippen LogP) is 6.37. The van der Waals surface area contributed by atoms with Gasteiger partial charge in [0.15, 0.2) is 0 Å². The number of nitrogens with two attached hydrogens (primary N) is 1. The summed E-state index contributed by atoms with van der Waals surface area (Å²) in [5.41, 5.74) is 17.3. The average molecular weight is 410 g/mol. The average Bonchev–Trinajstić information content (AvgIpc) is 3.14. The lowest BCUT2D eigenvalue weighted by Crippen LogP contribution is -2.26. The summed E-state index contributed by atoms with van der Waals surface area (Å²) >= 11 is 3.71. The molecule has 1 spiro atoms. The van der Waals surface area contributed by atoms with E-state index in [0.29, 0.717) is 0 Å². The SMILES string of the molecule is Nc1ccc2c(c1)C1(c3ccccc3-c3ccccc31)c1cc(Br)ccc1-2. The minimum absolute atomic E-state index is 0.309. The van der Waals surface area contributed by atoms with Crippen LogP contribution in [0.4, 0.5) is 5.69 Å². The molecule has 0 saturated carbocycles. The van der Waals surface area contributed by atoms with Crippen LogP contribution in [0.2, 0.25) is 0 Å². The summed E-state index contributed by atoms with van der Waals surface area (Å²) in [4.78, 5) is 0. The molecule has 0 radical (unpaired) electrons. The van der Waals surface area contributed by atoms with E-state index in [1.165, 1.54) is 44.5 Å². The van der Waals surface area contributed by atoms with Gasteiger partial charge in [-0.15, -0.1) is 0 Å². The number of anilines is 1. The molecule has 2 heteroatoms. The van der Waals surface area contributed by atoms with Crippen molar-refractivity contribution in [2.75, 3.05) is 5.73 Å². The van der Waals surface area contributed by atoms with Crippen LogP contribution in [0.1, 0.15) is 22.3 Å². The Kier molecular flexibility index (Phi) is 2.89. The van der Waals surface area contributed by atoms with Crippen molar-refractivity contribution in [3.63, 3.8) is 0 Å². The molecule has 4 aromatic rings. The Morgan fingerprint density at radius 1 is 0.556 bits per heavy atom. The zero-order chi connectivity index (χ0) is 18.2. The van der Waals surface area contributed by atoms with Gasteiger partial charge in [-0.3, -0.25) is 0 Å². The first-order valence-electron chi connectivity index (χ1n) is 9.11. The maximum absolute atomic E-state index is 6.28. The molecule has 4 aromatic carbocycles. The summed E-state index contributed by atoms with van der Waals surface area (Å²) in [6, 6.07) is 30.6. The maximum Gasteiger partial charge on any atom is 0.0726 e. The molecule has 1 nitrogen and oxygen atoms in total. The Bertz CT molecular complexity index is 1160. The van der Waals surface area contributed by atoms with Crippen LogP contribution in [0, 0.1) is 0 Å². The molecule has 0 atom stereocenters. The molecule has 2 aliphatic carbocycles. The molecule has 0 bridgehead atoms. The second-order valence-corrected chi connectivity index (χ2v) is 8.25. The molecule has 0 aromatic heterocycles. The number of rotatable bonds is 0. The van der Waals surface area contributed by atoms with Crippen LogP contribution in [0.25, 0.3) is 22.3 Å². The lowest BCUT2D eigenvalue weighted by Gasteiger charge is -2.30. The zero-order valence-electron chi connectivity index (χ0n) is 14.5. The number of halogens is 1. The Labute approximate surface area is 166 Å². The van der Waals surface area contributed by atoms with E-state index in [-0.39, 0.29) is 5.41 Å². The zero-order valence-corrected chi connectivity index (χ0v) is 16.1. The van der Waals surface area contributed by atoms with Crippen LogP contribution in [0.3, 0.4) is 0 Å². The number of hydrogen-bond donors (Lipinski definition) is 1. The quantitative estimate of drug-likeness (QED) is 0.289. The van der Waals surface area contributed by atoms with Gasteiger partial charge in [-0.1, -0.05) is 76.6 Å². The van der Waals surface area contributed by atoms with E-state index in [1.807, 2.05) is 6.07 Å². The van der Waals surface area contributed by atoms with Crippen LogP contribution < -0.4 is 5.73 Å². The fraction of sp³-hybridized carbons (Fsp3) is 0.0400. The Hall–Kier alpha value is -2.84. The van der Waals surface area contributed by atoms with Crippen molar-refractivity contribution in [3.8, 4) is 22.3 Å². The largest absolute Gasteiger partial charge is 0.399 e. The number of nitrogen functional groups attached to an aromatic ring is 1. The Balaban J connectivity index is 1.88. The second-order valence-electron chi connectivity index (χ2n) is 7.34. The van der Waals surface area contributed by atoms with Crippen molar-refractivity contribution in [2.24, 2.45) is 0 Å². The summed E-state index contributed by atoms with van der Waals surface area (Å²) in [6.45, 7) is 0. The summed E-state index contributed by atoms with van der Waals surface area (Å²) in [5, 5.41) is 0. The third-order valence-corrected chi connectivity index (χ3v) is 6.57. The van der Waals surface area contributed by atoms with Crippen molar-refractivity contribution < 1.29 is 0 Å². The number of fused-ring (bicyclic) bond motifs is 10. The standard InChI is InChI=1S/C25H16BrN/c26-15-9-11-19-20-12-10-16(27)14-24(20)25(23(19)13-15)21-7-3-1-5-17(21)18-6-2-4-8-22(18)25/h1-14H,27H2. The van der Waals surface area contributed by atoms with Crippen LogP contribution >= 0.6 is 15.9 Å².